The van der Waals surface area contributed by atoms with Gasteiger partial charge in [-0.2, -0.15) is 0 Å². The Morgan fingerprint density at radius 2 is 1.67 bits per heavy atom. The Bertz CT molecular complexity index is 555. The highest BCUT2D eigenvalue weighted by molar-refractivity contribution is 5.88. The van der Waals surface area contributed by atoms with Gasteiger partial charge in [0.05, 0.1) is 0 Å². The summed E-state index contributed by atoms with van der Waals surface area (Å²) in [6.45, 7) is -1.54. The monoisotopic (exact) mass is 295 g/mol. The molecule has 1 amide bonds. The van der Waals surface area contributed by atoms with Crippen molar-refractivity contribution in [3.63, 3.8) is 0 Å². The summed E-state index contributed by atoms with van der Waals surface area (Å²) in [5.41, 5.74) is 0. The van der Waals surface area contributed by atoms with Crippen LogP contribution >= 0.6 is 0 Å². The summed E-state index contributed by atoms with van der Waals surface area (Å²) in [4.78, 5) is 34.3. The molecule has 0 spiro atoms. The molecule has 1 aromatic carbocycles. The molecule has 112 valence electrons. The van der Waals surface area contributed by atoms with Gasteiger partial charge in [-0.3, -0.25) is 14.4 Å². The standard InChI is InChI=1S/C13H13NO7/c15-11(16)5-14(6-12(17)18)13(19)10-7-20-8-3-1-2-4-9(8)21-10/h1-4,10H,5-7H2,(H,15,16)(H,17,18). The number of carboxylic acid groups (broad SMARTS) is 2. The molecule has 1 heterocycles. The first-order valence-corrected chi connectivity index (χ1v) is 6.08. The highest BCUT2D eigenvalue weighted by Crippen LogP contribution is 2.31. The number of rotatable bonds is 5. The van der Waals surface area contributed by atoms with Gasteiger partial charge in [0.25, 0.3) is 5.91 Å². The van der Waals surface area contributed by atoms with E-state index >= 15 is 0 Å². The minimum absolute atomic E-state index is 0.106. The molecule has 1 aliphatic heterocycles. The fourth-order valence-corrected chi connectivity index (χ4v) is 1.88. The van der Waals surface area contributed by atoms with Crippen LogP contribution in [0.25, 0.3) is 0 Å². The summed E-state index contributed by atoms with van der Waals surface area (Å²) in [6, 6.07) is 6.71. The molecule has 0 aromatic heterocycles. The Morgan fingerprint density at radius 3 is 2.24 bits per heavy atom. The summed E-state index contributed by atoms with van der Waals surface area (Å²) in [7, 11) is 0. The molecule has 1 aromatic rings. The number of ether oxygens (including phenoxy) is 2. The van der Waals surface area contributed by atoms with Crippen molar-refractivity contribution < 1.29 is 34.1 Å². The van der Waals surface area contributed by atoms with E-state index in [1.807, 2.05) is 0 Å². The molecule has 1 atom stereocenters. The molecule has 21 heavy (non-hydrogen) atoms. The smallest absolute Gasteiger partial charge is 0.323 e. The van der Waals surface area contributed by atoms with Gasteiger partial charge in [0, 0.05) is 0 Å². The Kier molecular flexibility index (Phi) is 4.27. The number of benzene rings is 1. The Morgan fingerprint density at radius 1 is 1.10 bits per heavy atom. The number of hydrogen-bond acceptors (Lipinski definition) is 5. The molecule has 8 heteroatoms. The van der Waals surface area contributed by atoms with Crippen LogP contribution < -0.4 is 9.47 Å². The van der Waals surface area contributed by atoms with Crippen molar-refractivity contribution in [1.82, 2.24) is 4.90 Å². The van der Waals surface area contributed by atoms with Crippen LogP contribution in [0.15, 0.2) is 24.3 Å². The van der Waals surface area contributed by atoms with Gasteiger partial charge in [-0.1, -0.05) is 12.1 Å². The number of nitrogens with zero attached hydrogens (tertiary/aromatic N) is 1. The van der Waals surface area contributed by atoms with E-state index in [9.17, 15) is 14.4 Å². The predicted octanol–water partition coefficient (Wildman–Crippen LogP) is -0.176. The van der Waals surface area contributed by atoms with Crippen LogP contribution in [-0.4, -0.2) is 58.8 Å². The number of fused-ring (bicyclic) bond motifs is 1. The first-order chi connectivity index (χ1) is 9.97. The van der Waals surface area contributed by atoms with Crippen LogP contribution in [0, 0.1) is 0 Å². The van der Waals surface area contributed by atoms with Crippen molar-refractivity contribution in [3.05, 3.63) is 24.3 Å². The maximum absolute atomic E-state index is 12.2. The number of carbonyl (C=O) groups excluding carboxylic acids is 1. The van der Waals surface area contributed by atoms with Gasteiger partial charge in [0.1, 0.15) is 19.7 Å². The molecule has 0 saturated heterocycles. The van der Waals surface area contributed by atoms with Gasteiger partial charge in [-0.15, -0.1) is 0 Å². The summed E-state index contributed by atoms with van der Waals surface area (Å²) in [5.74, 6) is -2.52. The average molecular weight is 295 g/mol. The Labute approximate surface area is 119 Å². The maximum atomic E-state index is 12.2. The van der Waals surface area contributed by atoms with Gasteiger partial charge in [0.15, 0.2) is 11.5 Å². The van der Waals surface area contributed by atoms with E-state index in [2.05, 4.69) is 0 Å². The van der Waals surface area contributed by atoms with Gasteiger partial charge < -0.3 is 24.6 Å². The summed E-state index contributed by atoms with van der Waals surface area (Å²) in [6.07, 6.45) is -1.07. The van der Waals surface area contributed by atoms with E-state index in [-0.39, 0.29) is 6.61 Å². The van der Waals surface area contributed by atoms with E-state index in [0.717, 1.165) is 0 Å². The van der Waals surface area contributed by atoms with E-state index in [0.29, 0.717) is 16.4 Å². The van der Waals surface area contributed by atoms with E-state index in [1.54, 1.807) is 24.3 Å². The average Bonchev–Trinajstić information content (AvgIpc) is 2.44. The van der Waals surface area contributed by atoms with Crippen molar-refractivity contribution in [2.24, 2.45) is 0 Å². The largest absolute Gasteiger partial charge is 0.485 e. The number of carboxylic acids is 2. The molecule has 0 bridgehead atoms. The lowest BCUT2D eigenvalue weighted by Gasteiger charge is -2.29. The topological polar surface area (TPSA) is 113 Å². The SMILES string of the molecule is O=C(O)CN(CC(=O)O)C(=O)C1COc2ccccc2O1. The van der Waals surface area contributed by atoms with Gasteiger partial charge in [0.2, 0.25) is 6.10 Å². The van der Waals surface area contributed by atoms with Crippen LogP contribution in [-0.2, 0) is 14.4 Å². The minimum atomic E-state index is -1.30. The lowest BCUT2D eigenvalue weighted by molar-refractivity contribution is -0.153. The fraction of sp³-hybridized carbons (Fsp3) is 0.308. The molecule has 1 unspecified atom stereocenters. The number of hydrogen-bond donors (Lipinski definition) is 2. The Balaban J connectivity index is 2.11. The zero-order chi connectivity index (χ0) is 15.4. The number of carbonyl (C=O) groups is 3. The second-order valence-corrected chi connectivity index (χ2v) is 4.35. The summed E-state index contributed by atoms with van der Waals surface area (Å²) >= 11 is 0. The highest BCUT2D eigenvalue weighted by Gasteiger charge is 2.32. The second kappa shape index (κ2) is 6.12. The number of amides is 1. The molecule has 1 aliphatic rings. The lowest BCUT2D eigenvalue weighted by Crippen LogP contribution is -2.49. The molecule has 2 rings (SSSR count). The van der Waals surface area contributed by atoms with Gasteiger partial charge >= 0.3 is 11.9 Å². The van der Waals surface area contributed by atoms with Crippen LogP contribution in [0.4, 0.5) is 0 Å². The van der Waals surface area contributed by atoms with Crippen molar-refractivity contribution in [1.29, 1.82) is 0 Å². The first kappa shape index (κ1) is 14.6. The molecule has 0 fully saturated rings. The third-order valence-corrected chi connectivity index (χ3v) is 2.75. The second-order valence-electron chi connectivity index (χ2n) is 4.35. The molecule has 0 radical (unpaired) electrons. The molecule has 2 N–H and O–H groups in total. The molecule has 0 saturated carbocycles. The maximum Gasteiger partial charge on any atom is 0.323 e. The zero-order valence-corrected chi connectivity index (χ0v) is 10.9. The summed E-state index contributed by atoms with van der Waals surface area (Å²) < 4.78 is 10.8. The van der Waals surface area contributed by atoms with E-state index in [4.69, 9.17) is 19.7 Å². The summed E-state index contributed by atoms with van der Waals surface area (Å²) in [5, 5.41) is 17.5. The third-order valence-electron chi connectivity index (χ3n) is 2.75. The van der Waals surface area contributed by atoms with Crippen molar-refractivity contribution in [2.75, 3.05) is 19.7 Å². The van der Waals surface area contributed by atoms with Crippen LogP contribution in [0.5, 0.6) is 11.5 Å². The van der Waals surface area contributed by atoms with Crippen LogP contribution in [0.2, 0.25) is 0 Å². The van der Waals surface area contributed by atoms with E-state index < -0.39 is 37.0 Å². The first-order valence-electron chi connectivity index (χ1n) is 6.08. The fourth-order valence-electron chi connectivity index (χ4n) is 1.88. The quantitative estimate of drug-likeness (QED) is 0.774. The normalized spacial score (nSPS) is 16.1. The molecule has 0 aliphatic carbocycles. The van der Waals surface area contributed by atoms with Crippen LogP contribution in [0.3, 0.4) is 0 Å². The zero-order valence-electron chi connectivity index (χ0n) is 10.9. The molecule has 8 nitrogen and oxygen atoms in total. The van der Waals surface area contributed by atoms with E-state index in [1.165, 1.54) is 0 Å². The number of aliphatic carboxylic acids is 2. The Hall–Kier alpha value is -2.77. The molecular formula is C13H13NO7. The van der Waals surface area contributed by atoms with Crippen molar-refractivity contribution in [2.45, 2.75) is 6.10 Å². The van der Waals surface area contributed by atoms with Crippen molar-refractivity contribution >= 4 is 17.8 Å². The minimum Gasteiger partial charge on any atom is -0.485 e. The van der Waals surface area contributed by atoms with Gasteiger partial charge in [-0.05, 0) is 12.1 Å². The third kappa shape index (κ3) is 3.62. The molecular weight excluding hydrogens is 282 g/mol. The van der Waals surface area contributed by atoms with Crippen LogP contribution in [0.1, 0.15) is 0 Å². The highest BCUT2D eigenvalue weighted by atomic mass is 16.6. The van der Waals surface area contributed by atoms with Crippen molar-refractivity contribution in [3.8, 4) is 11.5 Å². The number of para-hydroxylation sites is 2. The predicted molar refractivity (Wildman–Crippen MR) is 68.2 cm³/mol. The van der Waals surface area contributed by atoms with Gasteiger partial charge in [-0.25, -0.2) is 0 Å². The lowest BCUT2D eigenvalue weighted by atomic mass is 10.2.